The number of anilines is 1. The van der Waals surface area contributed by atoms with E-state index >= 15 is 0 Å². The number of rotatable bonds is 5. The predicted molar refractivity (Wildman–Crippen MR) is 77.5 cm³/mol. The van der Waals surface area contributed by atoms with Crippen molar-refractivity contribution in [3.05, 3.63) is 28.2 Å². The van der Waals surface area contributed by atoms with Crippen molar-refractivity contribution >= 4 is 28.9 Å². The highest BCUT2D eigenvalue weighted by molar-refractivity contribution is 6.42. The van der Waals surface area contributed by atoms with E-state index in [0.717, 1.165) is 12.1 Å². The topological polar surface area (TPSA) is 32.3 Å². The summed E-state index contributed by atoms with van der Waals surface area (Å²) >= 11 is 11.8. The summed E-state index contributed by atoms with van der Waals surface area (Å²) in [5.41, 5.74) is 0.898. The number of nitrogens with one attached hydrogen (secondary N) is 1. The molecule has 1 aliphatic carbocycles. The van der Waals surface area contributed by atoms with Gasteiger partial charge in [0.1, 0.15) is 0 Å². The van der Waals surface area contributed by atoms with E-state index in [1.54, 1.807) is 12.1 Å². The Hall–Kier alpha value is -0.440. The van der Waals surface area contributed by atoms with E-state index in [4.69, 9.17) is 23.2 Å². The van der Waals surface area contributed by atoms with Crippen molar-refractivity contribution < 1.29 is 5.11 Å². The lowest BCUT2D eigenvalue weighted by Crippen LogP contribution is -2.21. The molecular formula is C14H19Cl2NO. The molecule has 0 heterocycles. The number of hydrogen-bond donors (Lipinski definition) is 2. The van der Waals surface area contributed by atoms with E-state index in [1.165, 1.54) is 25.7 Å². The molecule has 2 N–H and O–H groups in total. The van der Waals surface area contributed by atoms with Crippen LogP contribution in [0, 0.1) is 5.92 Å². The van der Waals surface area contributed by atoms with Crippen LogP contribution >= 0.6 is 23.2 Å². The summed E-state index contributed by atoms with van der Waals surface area (Å²) in [6, 6.07) is 5.41. The minimum atomic E-state index is -0.289. The van der Waals surface area contributed by atoms with Gasteiger partial charge >= 0.3 is 0 Å². The van der Waals surface area contributed by atoms with Crippen LogP contribution < -0.4 is 5.32 Å². The maximum atomic E-state index is 9.97. The smallest absolute Gasteiger partial charge is 0.0715 e. The molecular weight excluding hydrogens is 269 g/mol. The maximum Gasteiger partial charge on any atom is 0.0715 e. The molecule has 0 saturated heterocycles. The van der Waals surface area contributed by atoms with Crippen LogP contribution in [0.2, 0.25) is 10.0 Å². The van der Waals surface area contributed by atoms with Crippen molar-refractivity contribution in [3.8, 4) is 0 Å². The van der Waals surface area contributed by atoms with Crippen molar-refractivity contribution in [3.63, 3.8) is 0 Å². The number of aliphatic hydroxyl groups is 1. The Morgan fingerprint density at radius 1 is 1.22 bits per heavy atom. The van der Waals surface area contributed by atoms with Gasteiger partial charge in [-0.25, -0.2) is 0 Å². The SMILES string of the molecule is OC(CNc1ccc(Cl)c(Cl)c1)CC1CCCC1. The second kappa shape index (κ2) is 6.65. The van der Waals surface area contributed by atoms with Crippen LogP contribution in [0.15, 0.2) is 18.2 Å². The van der Waals surface area contributed by atoms with Crippen molar-refractivity contribution in [1.29, 1.82) is 0 Å². The van der Waals surface area contributed by atoms with Crippen molar-refractivity contribution in [1.82, 2.24) is 0 Å². The number of hydrogen-bond acceptors (Lipinski definition) is 2. The molecule has 0 aliphatic heterocycles. The normalized spacial score (nSPS) is 17.9. The zero-order valence-electron chi connectivity index (χ0n) is 10.3. The fourth-order valence-corrected chi connectivity index (χ4v) is 2.85. The van der Waals surface area contributed by atoms with Gasteiger partial charge in [0.2, 0.25) is 0 Å². The predicted octanol–water partition coefficient (Wildman–Crippen LogP) is 4.35. The Balaban J connectivity index is 1.77. The van der Waals surface area contributed by atoms with Crippen LogP contribution in [-0.4, -0.2) is 17.8 Å². The van der Waals surface area contributed by atoms with Gasteiger partial charge in [-0.2, -0.15) is 0 Å². The molecule has 100 valence electrons. The number of benzene rings is 1. The van der Waals surface area contributed by atoms with Crippen molar-refractivity contribution in [2.45, 2.75) is 38.2 Å². The van der Waals surface area contributed by atoms with Gasteiger partial charge in [-0.05, 0) is 30.5 Å². The fraction of sp³-hybridized carbons (Fsp3) is 0.571. The summed E-state index contributed by atoms with van der Waals surface area (Å²) in [5, 5.41) is 14.3. The van der Waals surface area contributed by atoms with E-state index in [2.05, 4.69) is 5.32 Å². The third-order valence-electron chi connectivity index (χ3n) is 3.54. The Bertz CT molecular complexity index is 391. The number of aliphatic hydroxyl groups excluding tert-OH is 1. The second-order valence-electron chi connectivity index (χ2n) is 5.05. The van der Waals surface area contributed by atoms with Crippen molar-refractivity contribution in [2.75, 3.05) is 11.9 Å². The first kappa shape index (κ1) is 14.0. The van der Waals surface area contributed by atoms with Crippen molar-refractivity contribution in [2.24, 2.45) is 5.92 Å². The second-order valence-corrected chi connectivity index (χ2v) is 5.86. The van der Waals surface area contributed by atoms with Gasteiger partial charge in [0.05, 0.1) is 16.1 Å². The van der Waals surface area contributed by atoms with Crippen LogP contribution in [0.5, 0.6) is 0 Å². The molecule has 4 heteroatoms. The van der Waals surface area contributed by atoms with Crippen LogP contribution in [0.3, 0.4) is 0 Å². The molecule has 1 fully saturated rings. The fourth-order valence-electron chi connectivity index (χ4n) is 2.56. The minimum Gasteiger partial charge on any atom is -0.391 e. The molecule has 18 heavy (non-hydrogen) atoms. The molecule has 0 amide bonds. The van der Waals surface area contributed by atoms with E-state index in [9.17, 15) is 5.11 Å². The van der Waals surface area contributed by atoms with Gasteiger partial charge < -0.3 is 10.4 Å². The largest absolute Gasteiger partial charge is 0.391 e. The van der Waals surface area contributed by atoms with Crippen LogP contribution in [0.1, 0.15) is 32.1 Å². The summed E-state index contributed by atoms with van der Waals surface area (Å²) in [6.07, 6.45) is 5.78. The summed E-state index contributed by atoms with van der Waals surface area (Å²) in [5.74, 6) is 0.704. The zero-order valence-corrected chi connectivity index (χ0v) is 11.8. The maximum absolute atomic E-state index is 9.97. The lowest BCUT2D eigenvalue weighted by atomic mass is 10.00. The third-order valence-corrected chi connectivity index (χ3v) is 4.28. The highest BCUT2D eigenvalue weighted by Gasteiger charge is 2.18. The van der Waals surface area contributed by atoms with Crippen LogP contribution in [-0.2, 0) is 0 Å². The molecule has 1 atom stereocenters. The molecule has 1 saturated carbocycles. The molecule has 0 bridgehead atoms. The van der Waals surface area contributed by atoms with Crippen LogP contribution in [0.4, 0.5) is 5.69 Å². The Morgan fingerprint density at radius 2 is 1.94 bits per heavy atom. The first-order chi connectivity index (χ1) is 8.65. The van der Waals surface area contributed by atoms with Gasteiger partial charge in [0.15, 0.2) is 0 Å². The van der Waals surface area contributed by atoms with Crippen LogP contribution in [0.25, 0.3) is 0 Å². The molecule has 1 aromatic rings. The number of halogens is 2. The zero-order chi connectivity index (χ0) is 13.0. The molecule has 0 radical (unpaired) electrons. The highest BCUT2D eigenvalue weighted by atomic mass is 35.5. The Kier molecular flexibility index (Phi) is 5.16. The summed E-state index contributed by atoms with van der Waals surface area (Å²) in [6.45, 7) is 0.564. The van der Waals surface area contributed by atoms with E-state index in [0.29, 0.717) is 22.5 Å². The summed E-state index contributed by atoms with van der Waals surface area (Å²) in [4.78, 5) is 0. The Morgan fingerprint density at radius 3 is 2.61 bits per heavy atom. The van der Waals surface area contributed by atoms with Gasteiger partial charge in [0, 0.05) is 12.2 Å². The molecule has 0 aromatic heterocycles. The van der Waals surface area contributed by atoms with E-state index in [-0.39, 0.29) is 6.10 Å². The first-order valence-corrected chi connectivity index (χ1v) is 7.27. The highest BCUT2D eigenvalue weighted by Crippen LogP contribution is 2.29. The van der Waals surface area contributed by atoms with Gasteiger partial charge in [-0.3, -0.25) is 0 Å². The average molecular weight is 288 g/mol. The standard InChI is InChI=1S/C14H19Cl2NO/c15-13-6-5-11(8-14(13)16)17-9-12(18)7-10-3-1-2-4-10/h5-6,8,10,12,17-18H,1-4,7,9H2. The molecule has 1 aliphatic rings. The minimum absolute atomic E-state index is 0.289. The molecule has 2 nitrogen and oxygen atoms in total. The van der Waals surface area contributed by atoms with E-state index < -0.39 is 0 Å². The lowest BCUT2D eigenvalue weighted by molar-refractivity contribution is 0.155. The van der Waals surface area contributed by atoms with Gasteiger partial charge in [0.25, 0.3) is 0 Å². The van der Waals surface area contributed by atoms with Gasteiger partial charge in [-0.1, -0.05) is 48.9 Å². The summed E-state index contributed by atoms with van der Waals surface area (Å²) < 4.78 is 0. The van der Waals surface area contributed by atoms with E-state index in [1.807, 2.05) is 6.07 Å². The molecule has 1 unspecified atom stereocenters. The third kappa shape index (κ3) is 4.04. The molecule has 0 spiro atoms. The molecule has 2 rings (SSSR count). The molecule has 1 aromatic carbocycles. The van der Waals surface area contributed by atoms with Gasteiger partial charge in [-0.15, -0.1) is 0 Å². The quantitative estimate of drug-likeness (QED) is 0.844. The lowest BCUT2D eigenvalue weighted by Gasteiger charge is -2.16. The Labute approximate surface area is 118 Å². The first-order valence-electron chi connectivity index (χ1n) is 6.52. The summed E-state index contributed by atoms with van der Waals surface area (Å²) in [7, 11) is 0. The average Bonchev–Trinajstić information content (AvgIpc) is 2.83. The monoisotopic (exact) mass is 287 g/mol.